The molecule has 3 amide bonds. The number of rotatable bonds is 18. The van der Waals surface area contributed by atoms with E-state index in [4.69, 9.17) is 11.5 Å². The number of nitrogens with two attached hydrogens (primary N) is 2. The minimum atomic E-state index is -1.59. The van der Waals surface area contributed by atoms with Crippen molar-refractivity contribution in [1.29, 1.82) is 0 Å². The Labute approximate surface area is 212 Å². The van der Waals surface area contributed by atoms with Crippen molar-refractivity contribution in [3.8, 4) is 0 Å². The van der Waals surface area contributed by atoms with E-state index in [0.29, 0.717) is 37.3 Å². The number of unbranched alkanes of at least 4 members (excludes halogenated alkanes) is 1. The highest BCUT2D eigenvalue weighted by atomic mass is 32.2. The summed E-state index contributed by atoms with van der Waals surface area (Å²) in [6.45, 7) is 0.368. The number of nitrogens with zero attached hydrogens (tertiary/aromatic N) is 1. The summed E-state index contributed by atoms with van der Waals surface area (Å²) in [5.74, 6) is -4.45. The Hall–Kier alpha value is -3.17. The summed E-state index contributed by atoms with van der Waals surface area (Å²) < 4.78 is 0. The van der Waals surface area contributed by atoms with Crippen molar-refractivity contribution in [2.75, 3.05) is 18.6 Å². The highest BCUT2D eigenvalue weighted by Crippen LogP contribution is 2.06. The number of aromatic nitrogens is 2. The normalized spacial score (nSPS) is 14.2. The monoisotopic (exact) mass is 529 g/mol. The number of imidazole rings is 1. The highest BCUT2D eigenvalue weighted by Gasteiger charge is 2.31. The van der Waals surface area contributed by atoms with Crippen molar-refractivity contribution in [2.24, 2.45) is 11.5 Å². The minimum absolute atomic E-state index is 0.138. The first kappa shape index (κ1) is 30.9. The van der Waals surface area contributed by atoms with Gasteiger partial charge in [0.15, 0.2) is 0 Å². The molecule has 0 fully saturated rings. The van der Waals surface area contributed by atoms with Gasteiger partial charge in [0.1, 0.15) is 18.1 Å². The first-order chi connectivity index (χ1) is 17.1. The predicted molar refractivity (Wildman–Crippen MR) is 132 cm³/mol. The van der Waals surface area contributed by atoms with Crippen molar-refractivity contribution in [3.63, 3.8) is 0 Å². The SMILES string of the molecule is CSCCC(N)C(=O)NC(CCCCN)C(=O)NC(CC(=O)O)C(=O)NC(Cc1cnc[nH]1)C(=O)O. The fourth-order valence-corrected chi connectivity index (χ4v) is 3.65. The molecule has 0 bridgehead atoms. The maximum atomic E-state index is 13.0. The van der Waals surface area contributed by atoms with Crippen LogP contribution in [0.5, 0.6) is 0 Å². The third-order valence-electron chi connectivity index (χ3n) is 5.15. The Balaban J connectivity index is 2.96. The summed E-state index contributed by atoms with van der Waals surface area (Å²) in [7, 11) is 0. The van der Waals surface area contributed by atoms with E-state index < -0.39 is 60.2 Å². The van der Waals surface area contributed by atoms with Crippen LogP contribution in [0.4, 0.5) is 0 Å². The van der Waals surface area contributed by atoms with Crippen LogP contribution >= 0.6 is 11.8 Å². The zero-order valence-electron chi connectivity index (χ0n) is 20.1. The molecule has 202 valence electrons. The van der Waals surface area contributed by atoms with Gasteiger partial charge in [-0.3, -0.25) is 19.2 Å². The van der Waals surface area contributed by atoms with Gasteiger partial charge in [-0.25, -0.2) is 9.78 Å². The van der Waals surface area contributed by atoms with Crippen LogP contribution in [-0.4, -0.2) is 92.6 Å². The standard InChI is InChI=1S/C21H35N7O7S/c1-36-7-5-13(23)18(31)26-14(4-2-3-6-22)19(32)27-15(9-17(29)30)20(33)28-16(21(34)35)8-12-10-24-11-25-12/h10-11,13-16H,2-9,22-23H2,1H3,(H,24,25)(H,26,31)(H,27,32)(H,28,33)(H,29,30)(H,34,35). The second kappa shape index (κ2) is 16.5. The molecule has 0 aliphatic carbocycles. The first-order valence-corrected chi connectivity index (χ1v) is 12.8. The third kappa shape index (κ3) is 11.5. The van der Waals surface area contributed by atoms with E-state index in [-0.39, 0.29) is 12.8 Å². The van der Waals surface area contributed by atoms with Crippen LogP contribution < -0.4 is 27.4 Å². The average Bonchev–Trinajstić information content (AvgIpc) is 3.33. The van der Waals surface area contributed by atoms with Crippen LogP contribution in [-0.2, 0) is 30.4 Å². The van der Waals surface area contributed by atoms with Gasteiger partial charge in [0, 0.05) is 18.3 Å². The van der Waals surface area contributed by atoms with E-state index >= 15 is 0 Å². The molecule has 14 nitrogen and oxygen atoms in total. The zero-order valence-corrected chi connectivity index (χ0v) is 20.9. The van der Waals surface area contributed by atoms with Gasteiger partial charge in [0.2, 0.25) is 17.7 Å². The Kier molecular flexibility index (Phi) is 14.1. The number of carboxylic acids is 2. The lowest BCUT2D eigenvalue weighted by Crippen LogP contribution is -2.57. The molecule has 4 atom stereocenters. The number of aromatic amines is 1. The molecule has 0 radical (unpaired) electrons. The number of hydrogen-bond donors (Lipinski definition) is 8. The fourth-order valence-electron chi connectivity index (χ4n) is 3.16. The van der Waals surface area contributed by atoms with E-state index in [9.17, 15) is 34.2 Å². The van der Waals surface area contributed by atoms with E-state index in [0.717, 1.165) is 0 Å². The summed E-state index contributed by atoms with van der Waals surface area (Å²) in [5.41, 5.74) is 11.8. The highest BCUT2D eigenvalue weighted by molar-refractivity contribution is 7.98. The van der Waals surface area contributed by atoms with Crippen molar-refractivity contribution in [3.05, 3.63) is 18.2 Å². The number of amides is 3. The topological polar surface area (TPSA) is 243 Å². The number of hydrogen-bond acceptors (Lipinski definition) is 9. The van der Waals surface area contributed by atoms with Gasteiger partial charge < -0.3 is 42.6 Å². The number of carbonyl (C=O) groups excluding carboxylic acids is 3. The largest absolute Gasteiger partial charge is 0.481 e. The van der Waals surface area contributed by atoms with Crippen molar-refractivity contribution >= 4 is 41.4 Å². The van der Waals surface area contributed by atoms with Crippen LogP contribution in [0.2, 0.25) is 0 Å². The lowest BCUT2D eigenvalue weighted by atomic mass is 10.1. The molecule has 0 spiro atoms. The summed E-state index contributed by atoms with van der Waals surface area (Å²) in [6.07, 6.45) is 5.29. The number of thioether (sulfide) groups is 1. The Bertz CT molecular complexity index is 869. The summed E-state index contributed by atoms with van der Waals surface area (Å²) in [4.78, 5) is 67.7. The lowest BCUT2D eigenvalue weighted by molar-refractivity contribution is -0.143. The van der Waals surface area contributed by atoms with Gasteiger partial charge in [0.25, 0.3) is 0 Å². The molecule has 0 aliphatic heterocycles. The maximum Gasteiger partial charge on any atom is 0.326 e. The van der Waals surface area contributed by atoms with Gasteiger partial charge >= 0.3 is 11.9 Å². The van der Waals surface area contributed by atoms with Gasteiger partial charge in [-0.1, -0.05) is 0 Å². The molecule has 10 N–H and O–H groups in total. The molecule has 15 heteroatoms. The predicted octanol–water partition coefficient (Wildman–Crippen LogP) is -1.82. The fraction of sp³-hybridized carbons (Fsp3) is 0.619. The molecule has 0 aromatic carbocycles. The number of carbonyl (C=O) groups is 5. The molecule has 0 saturated heterocycles. The number of aliphatic carboxylic acids is 2. The third-order valence-corrected chi connectivity index (χ3v) is 5.80. The minimum Gasteiger partial charge on any atom is -0.481 e. The zero-order chi connectivity index (χ0) is 27.1. The van der Waals surface area contributed by atoms with E-state index in [2.05, 4.69) is 25.9 Å². The van der Waals surface area contributed by atoms with Crippen LogP contribution in [0.15, 0.2) is 12.5 Å². The maximum absolute atomic E-state index is 13.0. The summed E-state index contributed by atoms with van der Waals surface area (Å²) in [5, 5.41) is 25.8. The van der Waals surface area contributed by atoms with E-state index in [1.165, 1.54) is 24.3 Å². The molecule has 0 saturated carbocycles. The van der Waals surface area contributed by atoms with Crippen LogP contribution in [0.1, 0.15) is 37.8 Å². The molecular formula is C21H35N7O7S. The van der Waals surface area contributed by atoms with Crippen molar-refractivity contribution in [1.82, 2.24) is 25.9 Å². The molecule has 0 aliphatic rings. The molecule has 1 aromatic heterocycles. The Morgan fingerprint density at radius 2 is 1.64 bits per heavy atom. The second-order valence-electron chi connectivity index (χ2n) is 8.07. The van der Waals surface area contributed by atoms with Crippen LogP contribution in [0.3, 0.4) is 0 Å². The molecule has 4 unspecified atom stereocenters. The molecule has 1 rings (SSSR count). The number of carboxylic acid groups (broad SMARTS) is 2. The molecular weight excluding hydrogens is 494 g/mol. The van der Waals surface area contributed by atoms with Crippen LogP contribution in [0, 0.1) is 0 Å². The number of H-pyrrole nitrogens is 1. The average molecular weight is 530 g/mol. The molecule has 1 heterocycles. The Morgan fingerprint density at radius 3 is 2.19 bits per heavy atom. The smallest absolute Gasteiger partial charge is 0.326 e. The van der Waals surface area contributed by atoms with Gasteiger partial charge in [0.05, 0.1) is 18.8 Å². The van der Waals surface area contributed by atoms with Crippen molar-refractivity contribution in [2.45, 2.75) is 62.7 Å². The quantitative estimate of drug-likeness (QED) is 0.0983. The van der Waals surface area contributed by atoms with E-state index in [1.807, 2.05) is 6.26 Å². The van der Waals surface area contributed by atoms with Gasteiger partial charge in [-0.05, 0) is 44.2 Å². The van der Waals surface area contributed by atoms with Gasteiger partial charge in [-0.15, -0.1) is 0 Å². The van der Waals surface area contributed by atoms with Crippen molar-refractivity contribution < 1.29 is 34.2 Å². The molecule has 1 aromatic rings. The first-order valence-electron chi connectivity index (χ1n) is 11.4. The number of nitrogens with one attached hydrogen (secondary N) is 4. The Morgan fingerprint density at radius 1 is 1.00 bits per heavy atom. The second-order valence-corrected chi connectivity index (χ2v) is 9.06. The molecule has 36 heavy (non-hydrogen) atoms. The summed E-state index contributed by atoms with van der Waals surface area (Å²) >= 11 is 1.51. The lowest BCUT2D eigenvalue weighted by Gasteiger charge is -2.24. The van der Waals surface area contributed by atoms with Gasteiger partial charge in [-0.2, -0.15) is 11.8 Å². The van der Waals surface area contributed by atoms with E-state index in [1.54, 1.807) is 0 Å². The van der Waals surface area contributed by atoms with Crippen LogP contribution in [0.25, 0.3) is 0 Å². The summed E-state index contributed by atoms with van der Waals surface area (Å²) in [6, 6.07) is -4.92.